The summed E-state index contributed by atoms with van der Waals surface area (Å²) in [5, 5.41) is 19.7. The van der Waals surface area contributed by atoms with E-state index in [2.05, 4.69) is 4.98 Å². The van der Waals surface area contributed by atoms with E-state index in [1.54, 1.807) is 4.90 Å². The standard InChI is InChI=1S/C25H23N5O2/c1-2-24(31)29-7-8-30(25(32)19-10-17(13-26)9-18(11-19)14-27)21(16-29)12-20-15-28-23-6-4-3-5-22(20)23/h3-6,9-11,15,21,28H,2,7-8,12,16H2,1H3/t21-/m1/s1. The second kappa shape index (κ2) is 8.95. The van der Waals surface area contributed by atoms with Gasteiger partial charge in [-0.3, -0.25) is 9.59 Å². The summed E-state index contributed by atoms with van der Waals surface area (Å²) in [5.74, 6) is -0.161. The molecule has 0 aliphatic carbocycles. The molecule has 0 radical (unpaired) electrons. The highest BCUT2D eigenvalue weighted by atomic mass is 16.2. The largest absolute Gasteiger partial charge is 0.361 e. The predicted molar refractivity (Wildman–Crippen MR) is 120 cm³/mol. The van der Waals surface area contributed by atoms with Gasteiger partial charge in [0.05, 0.1) is 29.3 Å². The number of nitrogens with zero attached hydrogens (tertiary/aromatic N) is 4. The molecule has 3 aromatic rings. The third kappa shape index (κ3) is 4.06. The maximum absolute atomic E-state index is 13.5. The van der Waals surface area contributed by atoms with E-state index in [1.165, 1.54) is 18.2 Å². The van der Waals surface area contributed by atoms with Crippen LogP contribution in [0.3, 0.4) is 0 Å². The Labute approximate surface area is 186 Å². The minimum Gasteiger partial charge on any atom is -0.361 e. The van der Waals surface area contributed by atoms with Gasteiger partial charge in [-0.25, -0.2) is 0 Å². The molecule has 0 saturated carbocycles. The Morgan fingerprint density at radius 1 is 1.09 bits per heavy atom. The Kier molecular flexibility index (Phi) is 5.91. The number of H-pyrrole nitrogens is 1. The van der Waals surface area contributed by atoms with Crippen LogP contribution in [-0.4, -0.2) is 52.3 Å². The number of piperazine rings is 1. The van der Waals surface area contributed by atoms with Gasteiger partial charge in [0.15, 0.2) is 0 Å². The van der Waals surface area contributed by atoms with Crippen LogP contribution in [0.4, 0.5) is 0 Å². The molecule has 4 rings (SSSR count). The molecule has 7 nitrogen and oxygen atoms in total. The van der Waals surface area contributed by atoms with Crippen molar-refractivity contribution in [1.29, 1.82) is 10.5 Å². The van der Waals surface area contributed by atoms with Crippen molar-refractivity contribution in [3.63, 3.8) is 0 Å². The van der Waals surface area contributed by atoms with Gasteiger partial charge in [-0.05, 0) is 36.2 Å². The minimum absolute atomic E-state index is 0.0688. The van der Waals surface area contributed by atoms with Crippen LogP contribution in [0.1, 0.15) is 40.4 Å². The first-order chi connectivity index (χ1) is 15.5. The Balaban J connectivity index is 1.67. The molecule has 0 spiro atoms. The highest BCUT2D eigenvalue weighted by Crippen LogP contribution is 2.24. The highest BCUT2D eigenvalue weighted by molar-refractivity contribution is 5.95. The van der Waals surface area contributed by atoms with Gasteiger partial charge in [0.25, 0.3) is 5.91 Å². The quantitative estimate of drug-likeness (QED) is 0.693. The van der Waals surface area contributed by atoms with Gasteiger partial charge in [0, 0.05) is 48.7 Å². The number of nitrogens with one attached hydrogen (secondary N) is 1. The molecule has 1 aliphatic heterocycles. The first-order valence-corrected chi connectivity index (χ1v) is 10.6. The van der Waals surface area contributed by atoms with Crippen molar-refractivity contribution in [3.05, 3.63) is 70.9 Å². The summed E-state index contributed by atoms with van der Waals surface area (Å²) >= 11 is 0. The maximum atomic E-state index is 13.5. The zero-order valence-electron chi connectivity index (χ0n) is 17.8. The number of benzene rings is 2. The number of aromatic nitrogens is 1. The van der Waals surface area contributed by atoms with Gasteiger partial charge in [-0.15, -0.1) is 0 Å². The van der Waals surface area contributed by atoms with E-state index in [-0.39, 0.29) is 29.0 Å². The number of amides is 2. The van der Waals surface area contributed by atoms with Crippen molar-refractivity contribution in [2.45, 2.75) is 25.8 Å². The number of fused-ring (bicyclic) bond motifs is 1. The van der Waals surface area contributed by atoms with E-state index >= 15 is 0 Å². The van der Waals surface area contributed by atoms with E-state index in [4.69, 9.17) is 0 Å². The zero-order valence-corrected chi connectivity index (χ0v) is 17.8. The molecular formula is C25H23N5O2. The van der Waals surface area contributed by atoms with E-state index in [9.17, 15) is 20.1 Å². The van der Waals surface area contributed by atoms with E-state index in [1.807, 2.05) is 54.4 Å². The number of nitriles is 2. The zero-order chi connectivity index (χ0) is 22.7. The highest BCUT2D eigenvalue weighted by Gasteiger charge is 2.33. The molecule has 1 aromatic heterocycles. The summed E-state index contributed by atoms with van der Waals surface area (Å²) in [6, 6.07) is 16.3. The lowest BCUT2D eigenvalue weighted by molar-refractivity contribution is -0.133. The summed E-state index contributed by atoms with van der Waals surface area (Å²) in [5.41, 5.74) is 2.98. The molecular weight excluding hydrogens is 402 g/mol. The van der Waals surface area contributed by atoms with Crippen molar-refractivity contribution in [2.24, 2.45) is 0 Å². The van der Waals surface area contributed by atoms with Gasteiger partial charge in [-0.1, -0.05) is 25.1 Å². The minimum atomic E-state index is -0.230. The fraction of sp³-hybridized carbons (Fsp3) is 0.280. The number of hydrogen-bond acceptors (Lipinski definition) is 4. The van der Waals surface area contributed by atoms with Crippen molar-refractivity contribution >= 4 is 22.7 Å². The molecule has 1 N–H and O–H groups in total. The monoisotopic (exact) mass is 425 g/mol. The second-order valence-corrected chi connectivity index (χ2v) is 7.93. The lowest BCUT2D eigenvalue weighted by Gasteiger charge is -2.41. The molecule has 0 unspecified atom stereocenters. The van der Waals surface area contributed by atoms with E-state index in [0.29, 0.717) is 38.0 Å². The number of para-hydroxylation sites is 1. The fourth-order valence-electron chi connectivity index (χ4n) is 4.35. The molecule has 160 valence electrons. The average molecular weight is 425 g/mol. The van der Waals surface area contributed by atoms with Gasteiger partial charge in [0.1, 0.15) is 0 Å². The van der Waals surface area contributed by atoms with Gasteiger partial charge < -0.3 is 14.8 Å². The third-order valence-electron chi connectivity index (χ3n) is 5.97. The van der Waals surface area contributed by atoms with Crippen LogP contribution in [0.15, 0.2) is 48.7 Å². The number of aromatic amines is 1. The predicted octanol–water partition coefficient (Wildman–Crippen LogP) is 3.22. The fourth-order valence-corrected chi connectivity index (χ4v) is 4.35. The van der Waals surface area contributed by atoms with E-state index in [0.717, 1.165) is 16.5 Å². The SMILES string of the molecule is CCC(=O)N1CCN(C(=O)c2cc(C#N)cc(C#N)c2)[C@H](Cc2c[nH]c3ccccc23)C1. The van der Waals surface area contributed by atoms with Crippen LogP contribution in [-0.2, 0) is 11.2 Å². The first-order valence-electron chi connectivity index (χ1n) is 10.6. The number of hydrogen-bond donors (Lipinski definition) is 1. The summed E-state index contributed by atoms with van der Waals surface area (Å²) in [4.78, 5) is 32.7. The van der Waals surface area contributed by atoms with Crippen molar-refractivity contribution in [2.75, 3.05) is 19.6 Å². The Morgan fingerprint density at radius 2 is 1.81 bits per heavy atom. The van der Waals surface area contributed by atoms with Crippen LogP contribution < -0.4 is 0 Å². The second-order valence-electron chi connectivity index (χ2n) is 7.93. The molecule has 7 heteroatoms. The number of carbonyl (C=O) groups is 2. The van der Waals surface area contributed by atoms with Gasteiger partial charge in [-0.2, -0.15) is 10.5 Å². The molecule has 1 aliphatic rings. The molecule has 2 amide bonds. The van der Waals surface area contributed by atoms with E-state index < -0.39 is 0 Å². The molecule has 1 atom stereocenters. The van der Waals surface area contributed by atoms with Crippen molar-refractivity contribution in [1.82, 2.24) is 14.8 Å². The summed E-state index contributed by atoms with van der Waals surface area (Å²) in [6.07, 6.45) is 2.97. The third-order valence-corrected chi connectivity index (χ3v) is 5.97. The summed E-state index contributed by atoms with van der Waals surface area (Å²) in [7, 11) is 0. The molecule has 0 bridgehead atoms. The van der Waals surface area contributed by atoms with Gasteiger partial charge in [0.2, 0.25) is 5.91 Å². The van der Waals surface area contributed by atoms with Crippen molar-refractivity contribution in [3.8, 4) is 12.1 Å². The molecule has 2 aromatic carbocycles. The van der Waals surface area contributed by atoms with Crippen LogP contribution in [0.25, 0.3) is 10.9 Å². The Morgan fingerprint density at radius 3 is 2.50 bits per heavy atom. The van der Waals surface area contributed by atoms with Crippen molar-refractivity contribution < 1.29 is 9.59 Å². The Hall–Kier alpha value is -4.10. The normalized spacial score (nSPS) is 15.9. The molecule has 1 fully saturated rings. The topological polar surface area (TPSA) is 104 Å². The Bertz CT molecular complexity index is 1230. The summed E-state index contributed by atoms with van der Waals surface area (Å²) in [6.45, 7) is 3.15. The average Bonchev–Trinajstić information content (AvgIpc) is 3.25. The van der Waals surface area contributed by atoms with Gasteiger partial charge >= 0.3 is 0 Å². The smallest absolute Gasteiger partial charge is 0.254 e. The van der Waals surface area contributed by atoms with Crippen LogP contribution >= 0.6 is 0 Å². The lowest BCUT2D eigenvalue weighted by atomic mass is 9.99. The molecule has 2 heterocycles. The first kappa shape index (κ1) is 21.1. The van der Waals surface area contributed by atoms with Crippen LogP contribution in [0, 0.1) is 22.7 Å². The van der Waals surface area contributed by atoms with Crippen LogP contribution in [0.5, 0.6) is 0 Å². The molecule has 32 heavy (non-hydrogen) atoms. The molecule has 1 saturated heterocycles. The number of rotatable bonds is 4. The maximum Gasteiger partial charge on any atom is 0.254 e. The number of carbonyl (C=O) groups excluding carboxylic acids is 2. The lowest BCUT2D eigenvalue weighted by Crippen LogP contribution is -2.57. The van der Waals surface area contributed by atoms with Crippen LogP contribution in [0.2, 0.25) is 0 Å². The summed E-state index contributed by atoms with van der Waals surface area (Å²) < 4.78 is 0.